The third-order valence-electron chi connectivity index (χ3n) is 4.12. The van der Waals surface area contributed by atoms with E-state index < -0.39 is 0 Å². The van der Waals surface area contributed by atoms with E-state index in [9.17, 15) is 0 Å². The molecule has 0 aliphatic carbocycles. The van der Waals surface area contributed by atoms with Gasteiger partial charge in [0, 0.05) is 23.4 Å². The Morgan fingerprint density at radius 2 is 2.00 bits per heavy atom. The number of para-hydroxylation sites is 1. The Morgan fingerprint density at radius 3 is 2.76 bits per heavy atom. The van der Waals surface area contributed by atoms with Gasteiger partial charge in [-0.05, 0) is 54.1 Å². The number of hydrogen-bond acceptors (Lipinski definition) is 7. The standard InChI is InChI=1S/C20H24ClN5O2S/c1-3-28-19-12-15(17(21)13-18(19)27-2)14-22-10-7-11-29-20-23-24-25-26(20)16-8-5-4-6-9-16/h4-6,8-9,12-13,22H,3,7,10-11,14H2,1-2H3. The van der Waals surface area contributed by atoms with E-state index in [1.54, 1.807) is 29.6 Å². The summed E-state index contributed by atoms with van der Waals surface area (Å²) in [4.78, 5) is 0. The smallest absolute Gasteiger partial charge is 0.214 e. The van der Waals surface area contributed by atoms with E-state index >= 15 is 0 Å². The molecule has 2 aromatic carbocycles. The van der Waals surface area contributed by atoms with Gasteiger partial charge in [0.05, 0.1) is 19.4 Å². The summed E-state index contributed by atoms with van der Waals surface area (Å²) in [5.74, 6) is 2.26. The second-order valence-corrected chi connectivity index (χ2v) is 7.58. The number of hydrogen-bond donors (Lipinski definition) is 1. The van der Waals surface area contributed by atoms with Crippen molar-refractivity contribution in [2.45, 2.75) is 25.0 Å². The third kappa shape index (κ3) is 5.85. The van der Waals surface area contributed by atoms with Gasteiger partial charge in [0.2, 0.25) is 5.16 Å². The molecule has 3 aromatic rings. The van der Waals surface area contributed by atoms with Gasteiger partial charge in [0.25, 0.3) is 0 Å². The SMILES string of the molecule is CCOc1cc(CNCCCSc2nnnn2-c2ccccc2)c(Cl)cc1OC. The second kappa shape index (κ2) is 11.0. The quantitative estimate of drug-likeness (QED) is 0.362. The lowest BCUT2D eigenvalue weighted by Gasteiger charge is -2.13. The Hall–Kier alpha value is -2.29. The number of nitrogens with one attached hydrogen (secondary N) is 1. The van der Waals surface area contributed by atoms with Crippen LogP contribution in [0.2, 0.25) is 5.02 Å². The summed E-state index contributed by atoms with van der Waals surface area (Å²) in [7, 11) is 1.61. The third-order valence-corrected chi connectivity index (χ3v) is 5.48. The van der Waals surface area contributed by atoms with Crippen molar-refractivity contribution in [1.82, 2.24) is 25.5 Å². The monoisotopic (exact) mass is 433 g/mol. The van der Waals surface area contributed by atoms with Crippen LogP contribution in [0.5, 0.6) is 11.5 Å². The summed E-state index contributed by atoms with van der Waals surface area (Å²) >= 11 is 8.00. The molecule has 9 heteroatoms. The highest BCUT2D eigenvalue weighted by atomic mass is 35.5. The van der Waals surface area contributed by atoms with Crippen molar-refractivity contribution < 1.29 is 9.47 Å². The van der Waals surface area contributed by atoms with Crippen LogP contribution in [0, 0.1) is 0 Å². The number of tetrazole rings is 1. The second-order valence-electron chi connectivity index (χ2n) is 6.12. The van der Waals surface area contributed by atoms with Crippen molar-refractivity contribution in [1.29, 1.82) is 0 Å². The van der Waals surface area contributed by atoms with Gasteiger partial charge in [-0.1, -0.05) is 41.6 Å². The Kier molecular flexibility index (Phi) is 8.15. The Bertz CT molecular complexity index is 907. The van der Waals surface area contributed by atoms with E-state index in [1.807, 2.05) is 43.3 Å². The van der Waals surface area contributed by atoms with Crippen molar-refractivity contribution >= 4 is 23.4 Å². The largest absolute Gasteiger partial charge is 0.493 e. The molecule has 1 N–H and O–H groups in total. The minimum absolute atomic E-state index is 0.574. The summed E-state index contributed by atoms with van der Waals surface area (Å²) in [6, 6.07) is 13.6. The maximum atomic E-state index is 6.36. The molecule has 0 fully saturated rings. The number of methoxy groups -OCH3 is 1. The van der Waals surface area contributed by atoms with E-state index in [0.29, 0.717) is 29.7 Å². The first kappa shape index (κ1) is 21.4. The molecular weight excluding hydrogens is 410 g/mol. The molecular formula is C20H24ClN5O2S. The summed E-state index contributed by atoms with van der Waals surface area (Å²) in [6.45, 7) is 4.03. The average Bonchev–Trinajstić information content (AvgIpc) is 3.21. The van der Waals surface area contributed by atoms with Crippen LogP contribution in [0.4, 0.5) is 0 Å². The molecule has 1 aromatic heterocycles. The molecule has 0 radical (unpaired) electrons. The summed E-state index contributed by atoms with van der Waals surface area (Å²) in [6.07, 6.45) is 0.971. The van der Waals surface area contributed by atoms with Crippen molar-refractivity contribution in [3.8, 4) is 17.2 Å². The first-order valence-corrected chi connectivity index (χ1v) is 10.8. The zero-order chi connectivity index (χ0) is 20.5. The maximum absolute atomic E-state index is 6.36. The Labute approximate surface area is 179 Å². The van der Waals surface area contributed by atoms with Crippen LogP contribution >= 0.6 is 23.4 Å². The van der Waals surface area contributed by atoms with Crippen molar-refractivity contribution in [2.24, 2.45) is 0 Å². The minimum atomic E-state index is 0.574. The number of benzene rings is 2. The Balaban J connectivity index is 1.45. The average molecular weight is 434 g/mol. The molecule has 0 aliphatic rings. The van der Waals surface area contributed by atoms with Crippen molar-refractivity contribution in [2.75, 3.05) is 26.0 Å². The van der Waals surface area contributed by atoms with Gasteiger partial charge in [-0.15, -0.1) is 5.10 Å². The van der Waals surface area contributed by atoms with Gasteiger partial charge in [-0.3, -0.25) is 0 Å². The van der Waals surface area contributed by atoms with E-state index in [4.69, 9.17) is 21.1 Å². The fraction of sp³-hybridized carbons (Fsp3) is 0.350. The van der Waals surface area contributed by atoms with Gasteiger partial charge in [-0.2, -0.15) is 4.68 Å². The molecule has 7 nitrogen and oxygen atoms in total. The Morgan fingerprint density at radius 1 is 1.17 bits per heavy atom. The number of ether oxygens (including phenoxy) is 2. The van der Waals surface area contributed by atoms with E-state index in [-0.39, 0.29) is 0 Å². The van der Waals surface area contributed by atoms with Crippen LogP contribution in [0.3, 0.4) is 0 Å². The molecule has 0 saturated carbocycles. The van der Waals surface area contributed by atoms with Crippen molar-refractivity contribution in [3.63, 3.8) is 0 Å². The first-order valence-electron chi connectivity index (χ1n) is 9.39. The van der Waals surface area contributed by atoms with Gasteiger partial charge < -0.3 is 14.8 Å². The molecule has 29 heavy (non-hydrogen) atoms. The topological polar surface area (TPSA) is 74.1 Å². The molecule has 0 unspecified atom stereocenters. The first-order chi connectivity index (χ1) is 14.2. The van der Waals surface area contributed by atoms with E-state index in [1.165, 1.54) is 0 Å². The lowest BCUT2D eigenvalue weighted by molar-refractivity contribution is 0.310. The predicted molar refractivity (Wildman–Crippen MR) is 115 cm³/mol. The molecule has 154 valence electrons. The number of rotatable bonds is 11. The molecule has 0 amide bonds. The number of aromatic nitrogens is 4. The fourth-order valence-electron chi connectivity index (χ4n) is 2.72. The maximum Gasteiger partial charge on any atom is 0.214 e. The van der Waals surface area contributed by atoms with E-state index in [0.717, 1.165) is 35.1 Å². The molecule has 3 rings (SSSR count). The van der Waals surface area contributed by atoms with Crippen LogP contribution in [-0.2, 0) is 6.54 Å². The highest BCUT2D eigenvalue weighted by Gasteiger charge is 2.11. The van der Waals surface area contributed by atoms with Crippen LogP contribution in [0.15, 0.2) is 47.6 Å². The van der Waals surface area contributed by atoms with Gasteiger partial charge in [-0.25, -0.2) is 0 Å². The summed E-state index contributed by atoms with van der Waals surface area (Å²) in [5, 5.41) is 16.8. The van der Waals surface area contributed by atoms with Crippen LogP contribution in [0.25, 0.3) is 5.69 Å². The lowest BCUT2D eigenvalue weighted by Crippen LogP contribution is -2.16. The van der Waals surface area contributed by atoms with Crippen LogP contribution < -0.4 is 14.8 Å². The molecule has 1 heterocycles. The van der Waals surface area contributed by atoms with Crippen molar-refractivity contribution in [3.05, 3.63) is 53.1 Å². The normalized spacial score (nSPS) is 10.9. The molecule has 0 aliphatic heterocycles. The highest BCUT2D eigenvalue weighted by Crippen LogP contribution is 2.33. The number of nitrogens with zero attached hydrogens (tertiary/aromatic N) is 4. The zero-order valence-electron chi connectivity index (χ0n) is 16.5. The summed E-state index contributed by atoms with van der Waals surface area (Å²) < 4.78 is 12.7. The summed E-state index contributed by atoms with van der Waals surface area (Å²) in [5.41, 5.74) is 1.94. The molecule has 0 bridgehead atoms. The predicted octanol–water partition coefficient (Wildman–Crippen LogP) is 4.00. The highest BCUT2D eigenvalue weighted by molar-refractivity contribution is 7.99. The van der Waals surface area contributed by atoms with Crippen LogP contribution in [0.1, 0.15) is 18.9 Å². The minimum Gasteiger partial charge on any atom is -0.493 e. The fourth-order valence-corrected chi connectivity index (χ4v) is 3.77. The van der Waals surface area contributed by atoms with Gasteiger partial charge in [0.15, 0.2) is 11.5 Å². The van der Waals surface area contributed by atoms with Gasteiger partial charge in [0.1, 0.15) is 0 Å². The molecule has 0 saturated heterocycles. The lowest BCUT2D eigenvalue weighted by atomic mass is 10.2. The zero-order valence-corrected chi connectivity index (χ0v) is 18.0. The van der Waals surface area contributed by atoms with Crippen LogP contribution in [-0.4, -0.2) is 46.2 Å². The molecule has 0 atom stereocenters. The van der Waals surface area contributed by atoms with E-state index in [2.05, 4.69) is 20.8 Å². The van der Waals surface area contributed by atoms with Gasteiger partial charge >= 0.3 is 0 Å². The molecule has 0 spiro atoms. The number of thioether (sulfide) groups is 1. The number of halogens is 1.